The molecule has 2 aromatic rings. The molecule has 33 heavy (non-hydrogen) atoms. The normalized spacial score (nSPS) is 28.8. The van der Waals surface area contributed by atoms with Gasteiger partial charge in [-0.2, -0.15) is 0 Å². The molecule has 3 fully saturated rings. The first-order valence-electron chi connectivity index (χ1n) is 11.9. The summed E-state index contributed by atoms with van der Waals surface area (Å²) in [4.78, 5) is 17.4. The average molecular weight is 460 g/mol. The highest BCUT2D eigenvalue weighted by Gasteiger charge is 2.43. The summed E-state index contributed by atoms with van der Waals surface area (Å²) in [6.07, 6.45) is 6.21. The van der Waals surface area contributed by atoms with Gasteiger partial charge in [-0.25, -0.2) is 4.99 Å². The number of rotatable bonds is 5. The SMILES string of the molecule is C=Cc1ccc(-c2ccc3c(c2)PC(=NC(=O)C2NC4CCC2C4)C3)cc1C1(OC)CNC1. The van der Waals surface area contributed by atoms with E-state index in [0.717, 1.165) is 43.4 Å². The van der Waals surface area contributed by atoms with Gasteiger partial charge < -0.3 is 15.4 Å². The Morgan fingerprint density at radius 2 is 2.03 bits per heavy atom. The third-order valence-corrected chi connectivity index (χ3v) is 9.24. The predicted octanol–water partition coefficient (Wildman–Crippen LogP) is 3.37. The van der Waals surface area contributed by atoms with E-state index in [1.165, 1.54) is 34.0 Å². The number of fused-ring (bicyclic) bond motifs is 3. The molecule has 0 radical (unpaired) electrons. The van der Waals surface area contributed by atoms with Crippen molar-refractivity contribution in [3.63, 3.8) is 0 Å². The average Bonchev–Trinajstić information content (AvgIpc) is 3.53. The molecule has 3 heterocycles. The molecule has 1 amide bonds. The van der Waals surface area contributed by atoms with E-state index in [9.17, 15) is 4.79 Å². The monoisotopic (exact) mass is 459 g/mol. The number of hydrogen-bond acceptors (Lipinski definition) is 4. The molecule has 1 aliphatic carbocycles. The Hall–Kier alpha value is -2.17. The third kappa shape index (κ3) is 3.63. The van der Waals surface area contributed by atoms with Crippen LogP contribution in [-0.2, 0) is 21.6 Å². The standard InChI is InChI=1S/C27H30N3O2P/c1-3-16-4-5-17(11-22(16)27(32-2)14-28-15-27)18-6-7-19-13-24(33-23(19)12-18)30-26(31)25-20-8-9-21(10-20)29-25/h3-7,11-12,20-21,25,28-29,33H,1,8-10,13-15H2,2H3. The van der Waals surface area contributed by atoms with E-state index in [1.54, 1.807) is 7.11 Å². The van der Waals surface area contributed by atoms with E-state index >= 15 is 0 Å². The molecule has 1 saturated carbocycles. The number of methoxy groups -OCH3 is 1. The van der Waals surface area contributed by atoms with Crippen LogP contribution < -0.4 is 15.9 Å². The van der Waals surface area contributed by atoms with Gasteiger partial charge in [0, 0.05) is 32.7 Å². The van der Waals surface area contributed by atoms with Gasteiger partial charge in [0.05, 0.1) is 11.5 Å². The quantitative estimate of drug-likeness (QED) is 0.673. The second-order valence-electron chi connectivity index (χ2n) is 9.79. The van der Waals surface area contributed by atoms with Crippen LogP contribution in [0.1, 0.15) is 36.0 Å². The van der Waals surface area contributed by atoms with Gasteiger partial charge in [0.2, 0.25) is 0 Å². The smallest absolute Gasteiger partial charge is 0.263 e. The second-order valence-corrected chi connectivity index (χ2v) is 11.2. The second kappa shape index (κ2) is 8.25. The molecule has 4 atom stereocenters. The summed E-state index contributed by atoms with van der Waals surface area (Å²) in [5, 5.41) is 8.13. The zero-order chi connectivity index (χ0) is 22.6. The van der Waals surface area contributed by atoms with E-state index in [1.807, 2.05) is 6.08 Å². The van der Waals surface area contributed by atoms with E-state index in [2.05, 4.69) is 58.6 Å². The van der Waals surface area contributed by atoms with Crippen LogP contribution in [0.25, 0.3) is 17.2 Å². The topological polar surface area (TPSA) is 62.7 Å². The van der Waals surface area contributed by atoms with Crippen LogP contribution in [0, 0.1) is 5.92 Å². The van der Waals surface area contributed by atoms with Crippen LogP contribution in [0.15, 0.2) is 48.0 Å². The van der Waals surface area contributed by atoms with Crippen molar-refractivity contribution in [3.05, 3.63) is 59.7 Å². The Kier molecular flexibility index (Phi) is 5.34. The first-order valence-corrected chi connectivity index (χ1v) is 12.9. The molecule has 170 valence electrons. The number of carbonyl (C=O) groups excluding carboxylic acids is 1. The maximum atomic E-state index is 12.8. The number of piperidine rings is 1. The molecule has 5 nitrogen and oxygen atoms in total. The molecule has 3 aliphatic heterocycles. The number of aliphatic imine (C=N–C) groups is 1. The Morgan fingerprint density at radius 3 is 2.70 bits per heavy atom. The van der Waals surface area contributed by atoms with Gasteiger partial charge >= 0.3 is 0 Å². The predicted molar refractivity (Wildman–Crippen MR) is 136 cm³/mol. The Bertz CT molecular complexity index is 1160. The van der Waals surface area contributed by atoms with Crippen molar-refractivity contribution in [2.75, 3.05) is 20.2 Å². The lowest BCUT2D eigenvalue weighted by Gasteiger charge is -2.42. The number of nitrogens with one attached hydrogen (secondary N) is 2. The zero-order valence-electron chi connectivity index (χ0n) is 19.0. The Balaban J connectivity index is 1.25. The number of benzene rings is 2. The summed E-state index contributed by atoms with van der Waals surface area (Å²) in [7, 11) is 2.25. The number of amides is 1. The fraction of sp³-hybridized carbons (Fsp3) is 0.407. The molecule has 0 spiro atoms. The first-order chi connectivity index (χ1) is 16.1. The minimum Gasteiger partial charge on any atom is -0.371 e. The van der Waals surface area contributed by atoms with E-state index in [0.29, 0.717) is 20.5 Å². The summed E-state index contributed by atoms with van der Waals surface area (Å²) in [5.74, 6) is 0.529. The van der Waals surface area contributed by atoms with Crippen molar-refractivity contribution in [1.82, 2.24) is 10.6 Å². The van der Waals surface area contributed by atoms with Crippen LogP contribution in [0.5, 0.6) is 0 Å². The molecule has 0 aromatic heterocycles. The molecule has 6 rings (SSSR count). The summed E-state index contributed by atoms with van der Waals surface area (Å²) < 4.78 is 5.92. The van der Waals surface area contributed by atoms with E-state index < -0.39 is 0 Å². The number of hydrogen-bond donors (Lipinski definition) is 2. The fourth-order valence-corrected chi connectivity index (χ4v) is 7.23. The number of carbonyl (C=O) groups is 1. The fourth-order valence-electron chi connectivity index (χ4n) is 5.92. The van der Waals surface area contributed by atoms with Crippen molar-refractivity contribution >= 4 is 31.3 Å². The van der Waals surface area contributed by atoms with Crippen LogP contribution in [0.2, 0.25) is 0 Å². The molecular formula is C27H30N3O2P. The van der Waals surface area contributed by atoms with Crippen molar-refractivity contribution in [3.8, 4) is 11.1 Å². The van der Waals surface area contributed by atoms with Crippen molar-refractivity contribution in [1.29, 1.82) is 0 Å². The van der Waals surface area contributed by atoms with Gasteiger partial charge in [-0.1, -0.05) is 36.9 Å². The van der Waals surface area contributed by atoms with Gasteiger partial charge in [-0.05, 0) is 79.0 Å². The lowest BCUT2D eigenvalue weighted by atomic mass is 9.83. The summed E-state index contributed by atoms with van der Waals surface area (Å²) in [5.41, 5.74) is 6.71. The lowest BCUT2D eigenvalue weighted by Crippen LogP contribution is -2.58. The van der Waals surface area contributed by atoms with Crippen molar-refractivity contribution in [2.24, 2.45) is 10.9 Å². The van der Waals surface area contributed by atoms with Crippen LogP contribution in [-0.4, -0.2) is 43.6 Å². The molecule has 6 heteroatoms. The highest BCUT2D eigenvalue weighted by molar-refractivity contribution is 7.66. The molecular weight excluding hydrogens is 429 g/mol. The maximum absolute atomic E-state index is 12.8. The third-order valence-electron chi connectivity index (χ3n) is 7.93. The van der Waals surface area contributed by atoms with Gasteiger partial charge in [0.15, 0.2) is 0 Å². The molecule has 2 N–H and O–H groups in total. The van der Waals surface area contributed by atoms with Crippen LogP contribution >= 0.6 is 8.58 Å². The van der Waals surface area contributed by atoms with E-state index in [-0.39, 0.29) is 17.6 Å². The molecule has 2 saturated heterocycles. The highest BCUT2D eigenvalue weighted by atomic mass is 31.1. The van der Waals surface area contributed by atoms with Crippen molar-refractivity contribution in [2.45, 2.75) is 43.4 Å². The van der Waals surface area contributed by atoms with E-state index in [4.69, 9.17) is 4.74 Å². The summed E-state index contributed by atoms with van der Waals surface area (Å²) in [6.45, 7) is 5.62. The van der Waals surface area contributed by atoms with Gasteiger partial charge in [0.1, 0.15) is 5.60 Å². The van der Waals surface area contributed by atoms with Gasteiger partial charge in [-0.15, -0.1) is 0 Å². The summed E-state index contributed by atoms with van der Waals surface area (Å²) >= 11 is 0. The Labute approximate surface area is 196 Å². The van der Waals surface area contributed by atoms with Gasteiger partial charge in [0.25, 0.3) is 5.91 Å². The lowest BCUT2D eigenvalue weighted by molar-refractivity contribution is -0.120. The molecule has 4 unspecified atom stereocenters. The number of nitrogens with zero attached hydrogens (tertiary/aromatic N) is 1. The largest absolute Gasteiger partial charge is 0.371 e. The van der Waals surface area contributed by atoms with Gasteiger partial charge in [-0.3, -0.25) is 4.79 Å². The highest BCUT2D eigenvalue weighted by Crippen LogP contribution is 2.38. The minimum atomic E-state index is -0.286. The summed E-state index contributed by atoms with van der Waals surface area (Å²) in [6, 6.07) is 13.7. The molecule has 4 aliphatic rings. The maximum Gasteiger partial charge on any atom is 0.263 e. The van der Waals surface area contributed by atoms with Crippen LogP contribution in [0.4, 0.5) is 0 Å². The Morgan fingerprint density at radius 1 is 1.21 bits per heavy atom. The zero-order valence-corrected chi connectivity index (χ0v) is 20.0. The minimum absolute atomic E-state index is 0.0429. The van der Waals surface area contributed by atoms with Crippen LogP contribution in [0.3, 0.4) is 0 Å². The van der Waals surface area contributed by atoms with Crippen molar-refractivity contribution < 1.29 is 9.53 Å². The first kappa shape index (κ1) is 21.4. The molecule has 2 bridgehead atoms. The number of ether oxygens (including phenoxy) is 1. The molecule has 2 aromatic carbocycles.